The fourth-order valence-corrected chi connectivity index (χ4v) is 3.69. The number of rotatable bonds is 7. The Bertz CT molecular complexity index is 797. The lowest BCUT2D eigenvalue weighted by Gasteiger charge is -2.32. The molecule has 2 aromatic carbocycles. The van der Waals surface area contributed by atoms with Crippen molar-refractivity contribution in [2.24, 2.45) is 5.92 Å². The number of piperidine rings is 1. The lowest BCUT2D eigenvalue weighted by molar-refractivity contribution is -0.123. The Labute approximate surface area is 173 Å². The molecule has 154 valence electrons. The van der Waals surface area contributed by atoms with E-state index < -0.39 is 0 Å². The number of nitrogens with zero attached hydrogens (tertiary/aromatic N) is 2. The van der Waals surface area contributed by atoms with E-state index in [0.717, 1.165) is 31.1 Å². The Morgan fingerprint density at radius 3 is 2.31 bits per heavy atom. The van der Waals surface area contributed by atoms with Crippen LogP contribution < -0.4 is 15.1 Å². The number of anilines is 2. The van der Waals surface area contributed by atoms with Crippen LogP contribution in [0.15, 0.2) is 54.6 Å². The van der Waals surface area contributed by atoms with E-state index in [1.165, 1.54) is 35.9 Å². The molecule has 2 amide bonds. The number of amides is 2. The Morgan fingerprint density at radius 2 is 1.69 bits per heavy atom. The number of benzene rings is 2. The molecule has 0 atom stereocenters. The van der Waals surface area contributed by atoms with Crippen molar-refractivity contribution in [2.75, 3.05) is 36.0 Å². The van der Waals surface area contributed by atoms with Gasteiger partial charge in [0.25, 0.3) is 0 Å². The van der Waals surface area contributed by atoms with Crippen LogP contribution >= 0.6 is 0 Å². The van der Waals surface area contributed by atoms with Gasteiger partial charge in [-0.15, -0.1) is 0 Å². The van der Waals surface area contributed by atoms with Gasteiger partial charge in [-0.2, -0.15) is 0 Å². The maximum Gasteiger partial charge on any atom is 0.240 e. The van der Waals surface area contributed by atoms with Crippen LogP contribution in [-0.2, 0) is 16.0 Å². The number of carbonyl (C=O) groups excluding carboxylic acids is 2. The summed E-state index contributed by atoms with van der Waals surface area (Å²) < 4.78 is 0. The summed E-state index contributed by atoms with van der Waals surface area (Å²) in [4.78, 5) is 28.4. The largest absolute Gasteiger partial charge is 0.372 e. The number of hydrogen-bond acceptors (Lipinski definition) is 3. The molecule has 1 heterocycles. The molecule has 1 saturated heterocycles. The molecule has 1 aliphatic rings. The van der Waals surface area contributed by atoms with Gasteiger partial charge in [0.1, 0.15) is 6.54 Å². The zero-order valence-corrected chi connectivity index (χ0v) is 17.4. The number of hydrogen-bond donors (Lipinski definition) is 1. The predicted octanol–water partition coefficient (Wildman–Crippen LogP) is 3.63. The van der Waals surface area contributed by atoms with Gasteiger partial charge in [0.2, 0.25) is 11.8 Å². The molecule has 5 heteroatoms. The van der Waals surface area contributed by atoms with Crippen LogP contribution in [0.3, 0.4) is 0 Å². The first kappa shape index (κ1) is 20.9. The zero-order valence-electron chi connectivity index (χ0n) is 17.4. The summed E-state index contributed by atoms with van der Waals surface area (Å²) >= 11 is 0. The average Bonchev–Trinajstić information content (AvgIpc) is 2.73. The highest BCUT2D eigenvalue weighted by Crippen LogP contribution is 2.25. The van der Waals surface area contributed by atoms with Gasteiger partial charge in [0.05, 0.1) is 0 Å². The molecule has 3 rings (SSSR count). The molecule has 0 aliphatic carbocycles. The van der Waals surface area contributed by atoms with Crippen molar-refractivity contribution in [3.8, 4) is 0 Å². The Hall–Kier alpha value is -2.82. The third-order valence-corrected chi connectivity index (χ3v) is 5.57. The SMILES string of the molecule is CC(=O)N(CC(=O)NCCc1ccccc1)c1ccc(N2CCC(C)CC2)cc1. The monoisotopic (exact) mass is 393 g/mol. The summed E-state index contributed by atoms with van der Waals surface area (Å²) in [5.74, 6) is 0.507. The Balaban J connectivity index is 1.54. The number of carbonyl (C=O) groups is 2. The highest BCUT2D eigenvalue weighted by atomic mass is 16.2. The van der Waals surface area contributed by atoms with Gasteiger partial charge in [0, 0.05) is 37.9 Å². The molecule has 0 radical (unpaired) electrons. The summed E-state index contributed by atoms with van der Waals surface area (Å²) in [5, 5.41) is 2.91. The van der Waals surface area contributed by atoms with Gasteiger partial charge in [-0.25, -0.2) is 0 Å². The molecule has 2 aromatic rings. The average molecular weight is 394 g/mol. The first-order chi connectivity index (χ1) is 14.0. The van der Waals surface area contributed by atoms with Crippen molar-refractivity contribution >= 4 is 23.2 Å². The van der Waals surface area contributed by atoms with E-state index in [2.05, 4.69) is 29.3 Å². The molecule has 0 spiro atoms. The third kappa shape index (κ3) is 6.08. The fourth-order valence-electron chi connectivity index (χ4n) is 3.69. The summed E-state index contributed by atoms with van der Waals surface area (Å²) in [7, 11) is 0. The summed E-state index contributed by atoms with van der Waals surface area (Å²) in [6.45, 7) is 6.53. The minimum Gasteiger partial charge on any atom is -0.372 e. The van der Waals surface area contributed by atoms with Gasteiger partial charge in [0.15, 0.2) is 0 Å². The highest BCUT2D eigenvalue weighted by Gasteiger charge is 2.18. The van der Waals surface area contributed by atoms with E-state index in [9.17, 15) is 9.59 Å². The molecule has 1 aliphatic heterocycles. The maximum absolute atomic E-state index is 12.4. The van der Waals surface area contributed by atoms with Crippen LogP contribution in [0.2, 0.25) is 0 Å². The van der Waals surface area contributed by atoms with E-state index in [0.29, 0.717) is 6.54 Å². The minimum absolute atomic E-state index is 0.0324. The second kappa shape index (κ2) is 10.1. The normalized spacial score (nSPS) is 14.5. The lowest BCUT2D eigenvalue weighted by atomic mass is 9.99. The van der Waals surface area contributed by atoms with Crippen molar-refractivity contribution in [3.05, 3.63) is 60.2 Å². The smallest absolute Gasteiger partial charge is 0.240 e. The standard InChI is InChI=1S/C24H31N3O2/c1-19-13-16-26(17-14-19)22-8-10-23(11-9-22)27(20(2)28)18-24(29)25-15-12-21-6-4-3-5-7-21/h3-11,19H,12-18H2,1-2H3,(H,25,29). The quantitative estimate of drug-likeness (QED) is 0.781. The molecule has 1 N–H and O–H groups in total. The van der Waals surface area contributed by atoms with E-state index >= 15 is 0 Å². The van der Waals surface area contributed by atoms with Crippen molar-refractivity contribution < 1.29 is 9.59 Å². The van der Waals surface area contributed by atoms with Crippen LogP contribution in [0, 0.1) is 5.92 Å². The molecule has 0 bridgehead atoms. The summed E-state index contributed by atoms with van der Waals surface area (Å²) in [5.41, 5.74) is 3.11. The molecule has 29 heavy (non-hydrogen) atoms. The maximum atomic E-state index is 12.4. The van der Waals surface area contributed by atoms with E-state index in [-0.39, 0.29) is 18.4 Å². The van der Waals surface area contributed by atoms with Gasteiger partial charge >= 0.3 is 0 Å². The van der Waals surface area contributed by atoms with Crippen molar-refractivity contribution in [3.63, 3.8) is 0 Å². The van der Waals surface area contributed by atoms with Crippen LogP contribution in [0.25, 0.3) is 0 Å². The predicted molar refractivity (Wildman–Crippen MR) is 118 cm³/mol. The van der Waals surface area contributed by atoms with Crippen LogP contribution in [-0.4, -0.2) is 38.0 Å². The van der Waals surface area contributed by atoms with Crippen LogP contribution in [0.1, 0.15) is 32.3 Å². The van der Waals surface area contributed by atoms with Crippen LogP contribution in [0.5, 0.6) is 0 Å². The highest BCUT2D eigenvalue weighted by molar-refractivity contribution is 5.97. The van der Waals surface area contributed by atoms with Gasteiger partial charge < -0.3 is 15.1 Å². The van der Waals surface area contributed by atoms with E-state index in [1.54, 1.807) is 0 Å². The van der Waals surface area contributed by atoms with Gasteiger partial charge in [-0.05, 0) is 55.0 Å². The topological polar surface area (TPSA) is 52.7 Å². The summed E-state index contributed by atoms with van der Waals surface area (Å²) in [6.07, 6.45) is 3.20. The van der Waals surface area contributed by atoms with Crippen LogP contribution in [0.4, 0.5) is 11.4 Å². The Kier molecular flexibility index (Phi) is 7.28. The molecule has 0 unspecified atom stereocenters. The lowest BCUT2D eigenvalue weighted by Crippen LogP contribution is -2.40. The van der Waals surface area contributed by atoms with Crippen molar-refractivity contribution in [1.82, 2.24) is 5.32 Å². The molecule has 1 fully saturated rings. The first-order valence-electron chi connectivity index (χ1n) is 10.5. The zero-order chi connectivity index (χ0) is 20.6. The Morgan fingerprint density at radius 1 is 1.03 bits per heavy atom. The number of nitrogens with one attached hydrogen (secondary N) is 1. The van der Waals surface area contributed by atoms with Gasteiger partial charge in [-0.1, -0.05) is 37.3 Å². The third-order valence-electron chi connectivity index (χ3n) is 5.57. The molecule has 0 saturated carbocycles. The van der Waals surface area contributed by atoms with Gasteiger partial charge in [-0.3, -0.25) is 9.59 Å². The second-order valence-corrected chi connectivity index (χ2v) is 7.88. The van der Waals surface area contributed by atoms with Crippen molar-refractivity contribution in [1.29, 1.82) is 0 Å². The van der Waals surface area contributed by atoms with Crippen molar-refractivity contribution in [2.45, 2.75) is 33.1 Å². The minimum atomic E-state index is -0.148. The molecule has 5 nitrogen and oxygen atoms in total. The first-order valence-corrected chi connectivity index (χ1v) is 10.5. The summed E-state index contributed by atoms with van der Waals surface area (Å²) in [6, 6.07) is 18.0. The molecular formula is C24H31N3O2. The molecule has 0 aromatic heterocycles. The molecular weight excluding hydrogens is 362 g/mol. The fraction of sp³-hybridized carbons (Fsp3) is 0.417. The second-order valence-electron chi connectivity index (χ2n) is 7.88. The van der Waals surface area contributed by atoms with E-state index in [4.69, 9.17) is 0 Å². The van der Waals surface area contributed by atoms with E-state index in [1.807, 2.05) is 42.5 Å².